The van der Waals surface area contributed by atoms with Crippen molar-refractivity contribution in [3.8, 4) is 5.75 Å². The van der Waals surface area contributed by atoms with Gasteiger partial charge in [-0.3, -0.25) is 15.1 Å². The van der Waals surface area contributed by atoms with Crippen LogP contribution in [0.4, 0.5) is 15.6 Å². The first-order chi connectivity index (χ1) is 14.6. The minimum atomic E-state index is -0.362. The summed E-state index contributed by atoms with van der Waals surface area (Å²) in [6, 6.07) is 7.09. The second kappa shape index (κ2) is 8.87. The van der Waals surface area contributed by atoms with Crippen LogP contribution in [0.25, 0.3) is 0 Å². The molecule has 3 heterocycles. The van der Waals surface area contributed by atoms with Crippen molar-refractivity contribution in [1.29, 1.82) is 0 Å². The molecule has 0 saturated carbocycles. The van der Waals surface area contributed by atoms with Gasteiger partial charge in [-0.1, -0.05) is 11.3 Å². The molecule has 0 saturated heterocycles. The van der Waals surface area contributed by atoms with E-state index in [-0.39, 0.29) is 17.6 Å². The molecule has 154 valence electrons. The Bertz CT molecular complexity index is 1040. The quantitative estimate of drug-likeness (QED) is 0.651. The Labute approximate surface area is 177 Å². The SMILES string of the molecule is CCOc1ccc(NC(=O)N2CCc3nc(NC(=O)c4cnccn4)sc3C2)cc1. The number of benzene rings is 1. The normalized spacial score (nSPS) is 12.8. The topological polar surface area (TPSA) is 109 Å². The van der Waals surface area contributed by atoms with Gasteiger partial charge in [0.2, 0.25) is 0 Å². The molecule has 30 heavy (non-hydrogen) atoms. The highest BCUT2D eigenvalue weighted by atomic mass is 32.1. The second-order valence-corrected chi connectivity index (χ2v) is 7.58. The van der Waals surface area contributed by atoms with Crippen molar-refractivity contribution in [2.75, 3.05) is 23.8 Å². The molecule has 0 atom stereocenters. The lowest BCUT2D eigenvalue weighted by Crippen LogP contribution is -2.38. The summed E-state index contributed by atoms with van der Waals surface area (Å²) in [6.45, 7) is 3.51. The number of fused-ring (bicyclic) bond motifs is 1. The van der Waals surface area contributed by atoms with Gasteiger partial charge in [0, 0.05) is 35.9 Å². The number of thiazole rings is 1. The summed E-state index contributed by atoms with van der Waals surface area (Å²) >= 11 is 1.36. The molecular weight excluding hydrogens is 404 g/mol. The third-order valence-electron chi connectivity index (χ3n) is 4.45. The van der Waals surface area contributed by atoms with Gasteiger partial charge in [0.1, 0.15) is 11.4 Å². The molecule has 0 radical (unpaired) electrons. The number of aromatic nitrogens is 3. The Morgan fingerprint density at radius 1 is 1.20 bits per heavy atom. The predicted octanol–water partition coefficient (Wildman–Crippen LogP) is 3.17. The lowest BCUT2D eigenvalue weighted by atomic mass is 10.2. The number of carbonyl (C=O) groups is 2. The number of nitrogens with one attached hydrogen (secondary N) is 2. The van der Waals surface area contributed by atoms with Crippen LogP contribution in [0.15, 0.2) is 42.9 Å². The molecule has 0 bridgehead atoms. The number of carbonyl (C=O) groups excluding carboxylic acids is 2. The molecule has 3 amide bonds. The molecule has 2 aromatic heterocycles. The average molecular weight is 424 g/mol. The molecule has 0 aliphatic carbocycles. The zero-order chi connectivity index (χ0) is 20.9. The van der Waals surface area contributed by atoms with Crippen molar-refractivity contribution in [2.45, 2.75) is 19.9 Å². The zero-order valence-corrected chi connectivity index (χ0v) is 17.1. The lowest BCUT2D eigenvalue weighted by molar-refractivity contribution is 0.102. The number of amides is 3. The van der Waals surface area contributed by atoms with E-state index in [0.717, 1.165) is 16.3 Å². The number of hydrogen-bond donors (Lipinski definition) is 2. The largest absolute Gasteiger partial charge is 0.494 e. The summed E-state index contributed by atoms with van der Waals surface area (Å²) in [5.41, 5.74) is 1.83. The molecule has 0 unspecified atom stereocenters. The van der Waals surface area contributed by atoms with Gasteiger partial charge in [0.15, 0.2) is 5.13 Å². The lowest BCUT2D eigenvalue weighted by Gasteiger charge is -2.26. The van der Waals surface area contributed by atoms with Gasteiger partial charge in [-0.25, -0.2) is 14.8 Å². The first-order valence-electron chi connectivity index (χ1n) is 9.47. The summed E-state index contributed by atoms with van der Waals surface area (Å²) in [6.07, 6.45) is 4.99. The van der Waals surface area contributed by atoms with E-state index >= 15 is 0 Å². The van der Waals surface area contributed by atoms with E-state index in [4.69, 9.17) is 4.74 Å². The number of anilines is 2. The Hall–Kier alpha value is -3.53. The summed E-state index contributed by atoms with van der Waals surface area (Å²) < 4.78 is 5.41. The zero-order valence-electron chi connectivity index (χ0n) is 16.3. The molecule has 4 rings (SSSR count). The standard InChI is InChI=1S/C20H20N6O3S/c1-2-29-14-5-3-13(4-6-14)23-20(28)26-10-7-15-17(12-26)30-19(24-15)25-18(27)16-11-21-8-9-22-16/h3-6,8-9,11H,2,7,10,12H2,1H3,(H,23,28)(H,24,25,27). The maximum atomic E-state index is 12.6. The van der Waals surface area contributed by atoms with E-state index in [1.807, 2.05) is 31.2 Å². The molecule has 3 aromatic rings. The number of ether oxygens (including phenoxy) is 1. The van der Waals surface area contributed by atoms with Crippen LogP contribution >= 0.6 is 11.3 Å². The number of urea groups is 1. The van der Waals surface area contributed by atoms with Crippen molar-refractivity contribution < 1.29 is 14.3 Å². The van der Waals surface area contributed by atoms with Crippen LogP contribution in [-0.4, -0.2) is 44.9 Å². The minimum Gasteiger partial charge on any atom is -0.494 e. The van der Waals surface area contributed by atoms with E-state index in [1.165, 1.54) is 29.9 Å². The van der Waals surface area contributed by atoms with E-state index in [2.05, 4.69) is 25.6 Å². The van der Waals surface area contributed by atoms with Crippen LogP contribution < -0.4 is 15.4 Å². The smallest absolute Gasteiger partial charge is 0.322 e. The van der Waals surface area contributed by atoms with E-state index in [9.17, 15) is 9.59 Å². The van der Waals surface area contributed by atoms with Gasteiger partial charge >= 0.3 is 6.03 Å². The highest BCUT2D eigenvalue weighted by Gasteiger charge is 2.25. The van der Waals surface area contributed by atoms with Gasteiger partial charge < -0.3 is 15.0 Å². The molecule has 0 spiro atoms. The summed E-state index contributed by atoms with van der Waals surface area (Å²) in [7, 11) is 0. The van der Waals surface area contributed by atoms with Crippen LogP contribution in [0.1, 0.15) is 28.0 Å². The first kappa shape index (κ1) is 19.8. The molecule has 9 nitrogen and oxygen atoms in total. The maximum absolute atomic E-state index is 12.6. The van der Waals surface area contributed by atoms with Crippen molar-refractivity contribution in [3.63, 3.8) is 0 Å². The maximum Gasteiger partial charge on any atom is 0.322 e. The van der Waals surface area contributed by atoms with Crippen molar-refractivity contribution in [3.05, 3.63) is 59.1 Å². The fourth-order valence-corrected chi connectivity index (χ4v) is 4.02. The van der Waals surface area contributed by atoms with Crippen LogP contribution in [0.2, 0.25) is 0 Å². The number of rotatable bonds is 5. The van der Waals surface area contributed by atoms with Crippen LogP contribution in [0.3, 0.4) is 0 Å². The van der Waals surface area contributed by atoms with Crippen molar-refractivity contribution >= 4 is 34.1 Å². The monoisotopic (exact) mass is 424 g/mol. The first-order valence-corrected chi connectivity index (χ1v) is 10.3. The summed E-state index contributed by atoms with van der Waals surface area (Å²) in [4.78, 5) is 39.9. The third-order valence-corrected chi connectivity index (χ3v) is 5.45. The molecule has 0 fully saturated rings. The summed E-state index contributed by atoms with van der Waals surface area (Å²) in [5.74, 6) is 0.401. The van der Waals surface area contributed by atoms with Crippen LogP contribution in [0.5, 0.6) is 5.75 Å². The van der Waals surface area contributed by atoms with E-state index in [0.29, 0.717) is 36.9 Å². The highest BCUT2D eigenvalue weighted by Crippen LogP contribution is 2.29. The van der Waals surface area contributed by atoms with Gasteiger partial charge in [-0.05, 0) is 31.2 Å². The minimum absolute atomic E-state index is 0.177. The number of hydrogen-bond acceptors (Lipinski definition) is 7. The third kappa shape index (κ3) is 4.54. The van der Waals surface area contributed by atoms with Gasteiger partial charge in [0.05, 0.1) is 25.0 Å². The van der Waals surface area contributed by atoms with Crippen LogP contribution in [-0.2, 0) is 13.0 Å². The fraction of sp³-hybridized carbons (Fsp3) is 0.250. The molecule has 10 heteroatoms. The molecule has 1 aliphatic heterocycles. The highest BCUT2D eigenvalue weighted by molar-refractivity contribution is 7.15. The summed E-state index contributed by atoms with van der Waals surface area (Å²) in [5, 5.41) is 6.14. The van der Waals surface area contributed by atoms with Gasteiger partial charge in [-0.15, -0.1) is 0 Å². The molecule has 1 aromatic carbocycles. The van der Waals surface area contributed by atoms with Gasteiger partial charge in [-0.2, -0.15) is 0 Å². The average Bonchev–Trinajstić information content (AvgIpc) is 3.17. The van der Waals surface area contributed by atoms with Crippen molar-refractivity contribution in [1.82, 2.24) is 19.9 Å². The van der Waals surface area contributed by atoms with Gasteiger partial charge in [0.25, 0.3) is 5.91 Å². The predicted molar refractivity (Wildman–Crippen MR) is 113 cm³/mol. The Morgan fingerprint density at radius 3 is 2.77 bits per heavy atom. The number of nitrogens with zero attached hydrogens (tertiary/aromatic N) is 4. The van der Waals surface area contributed by atoms with Crippen LogP contribution in [0, 0.1) is 0 Å². The Morgan fingerprint density at radius 2 is 2.03 bits per heavy atom. The fourth-order valence-electron chi connectivity index (χ4n) is 3.00. The molecular formula is C20H20N6O3S. The molecule has 1 aliphatic rings. The van der Waals surface area contributed by atoms with E-state index < -0.39 is 0 Å². The molecule has 2 N–H and O–H groups in total. The van der Waals surface area contributed by atoms with Crippen molar-refractivity contribution in [2.24, 2.45) is 0 Å². The second-order valence-electron chi connectivity index (χ2n) is 6.49. The van der Waals surface area contributed by atoms with E-state index in [1.54, 1.807) is 4.90 Å². The Kier molecular flexibility index (Phi) is 5.84. The Balaban J connectivity index is 1.37.